The molecule has 0 aromatic carbocycles. The van der Waals surface area contributed by atoms with E-state index in [1.54, 1.807) is 11.3 Å². The first-order chi connectivity index (χ1) is 8.95. The highest BCUT2D eigenvalue weighted by Gasteiger charge is 2.27. The summed E-state index contributed by atoms with van der Waals surface area (Å²) in [5, 5.41) is 3.71. The van der Waals surface area contributed by atoms with Gasteiger partial charge in [0.1, 0.15) is 0 Å². The van der Waals surface area contributed by atoms with Crippen molar-refractivity contribution >= 4 is 22.9 Å². The molecule has 1 fully saturated rings. The summed E-state index contributed by atoms with van der Waals surface area (Å²) in [5.74, 6) is 0.885. The van der Waals surface area contributed by atoms with Crippen molar-refractivity contribution in [3.8, 4) is 0 Å². The summed E-state index contributed by atoms with van der Waals surface area (Å²) >= 11 is 7.66. The van der Waals surface area contributed by atoms with Crippen LogP contribution in [0.1, 0.15) is 57.8 Å². The number of rotatable bonds is 3. The normalized spacial score (nSPS) is 25.3. The Labute approximate surface area is 126 Å². The molecule has 0 aliphatic heterocycles. The number of hydrogen-bond acceptors (Lipinski definition) is 2. The van der Waals surface area contributed by atoms with E-state index in [4.69, 9.17) is 11.6 Å². The van der Waals surface area contributed by atoms with Gasteiger partial charge < -0.3 is 5.32 Å². The second-order valence-electron chi connectivity index (χ2n) is 6.85. The Bertz CT molecular complexity index is 394. The minimum absolute atomic E-state index is 0.468. The first-order valence-electron chi connectivity index (χ1n) is 7.43. The van der Waals surface area contributed by atoms with Gasteiger partial charge in [-0.3, -0.25) is 0 Å². The highest BCUT2D eigenvalue weighted by atomic mass is 35.5. The first-order valence-corrected chi connectivity index (χ1v) is 8.62. The second-order valence-corrected chi connectivity index (χ2v) is 8.65. The molecule has 0 amide bonds. The molecule has 2 unspecified atom stereocenters. The van der Waals surface area contributed by atoms with Crippen LogP contribution >= 0.6 is 22.9 Å². The van der Waals surface area contributed by atoms with E-state index in [0.717, 1.165) is 16.8 Å². The minimum Gasteiger partial charge on any atom is -0.309 e. The standard InChI is InChI=1S/C16H26ClNS/c1-16(2,3)12-5-4-6-13(8-7-12)18-11-14-9-10-15(17)19-14/h9-10,12-13,18H,4-8,11H2,1-3H3. The van der Waals surface area contributed by atoms with Crippen molar-refractivity contribution in [2.24, 2.45) is 11.3 Å². The SMILES string of the molecule is CC(C)(C)C1CCCC(NCc2ccc(Cl)s2)CC1. The molecule has 2 rings (SSSR count). The smallest absolute Gasteiger partial charge is 0.0931 e. The molecule has 1 aliphatic carbocycles. The van der Waals surface area contributed by atoms with Gasteiger partial charge in [0.05, 0.1) is 4.34 Å². The molecule has 1 aromatic heterocycles. The van der Waals surface area contributed by atoms with Crippen molar-refractivity contribution in [2.75, 3.05) is 0 Å². The number of thiophene rings is 1. The van der Waals surface area contributed by atoms with Crippen molar-refractivity contribution in [2.45, 2.75) is 65.5 Å². The summed E-state index contributed by atoms with van der Waals surface area (Å²) in [6, 6.07) is 4.81. The van der Waals surface area contributed by atoms with Gasteiger partial charge in [-0.05, 0) is 49.1 Å². The van der Waals surface area contributed by atoms with Gasteiger partial charge >= 0.3 is 0 Å². The molecule has 0 radical (unpaired) electrons. The van der Waals surface area contributed by atoms with Crippen LogP contribution in [-0.4, -0.2) is 6.04 Å². The number of halogens is 1. The van der Waals surface area contributed by atoms with Gasteiger partial charge in [-0.15, -0.1) is 11.3 Å². The summed E-state index contributed by atoms with van der Waals surface area (Å²) in [6.07, 6.45) is 6.77. The maximum absolute atomic E-state index is 5.97. The molecule has 19 heavy (non-hydrogen) atoms. The predicted octanol–water partition coefficient (Wildman–Crippen LogP) is 5.49. The zero-order valence-electron chi connectivity index (χ0n) is 12.3. The van der Waals surface area contributed by atoms with E-state index < -0.39 is 0 Å². The Morgan fingerprint density at radius 3 is 2.63 bits per heavy atom. The first kappa shape index (κ1) is 15.3. The number of hydrogen-bond donors (Lipinski definition) is 1. The quantitative estimate of drug-likeness (QED) is 0.728. The highest BCUT2D eigenvalue weighted by Crippen LogP contribution is 2.36. The van der Waals surface area contributed by atoms with E-state index in [1.165, 1.54) is 37.0 Å². The van der Waals surface area contributed by atoms with Crippen LogP contribution in [0, 0.1) is 11.3 Å². The Morgan fingerprint density at radius 1 is 1.21 bits per heavy atom. The topological polar surface area (TPSA) is 12.0 Å². The second kappa shape index (κ2) is 6.60. The van der Waals surface area contributed by atoms with Crippen molar-refractivity contribution in [3.05, 3.63) is 21.3 Å². The van der Waals surface area contributed by atoms with Crippen LogP contribution in [0.15, 0.2) is 12.1 Å². The van der Waals surface area contributed by atoms with Crippen LogP contribution in [0.2, 0.25) is 4.34 Å². The molecule has 3 heteroatoms. The van der Waals surface area contributed by atoms with Crippen LogP contribution in [0.5, 0.6) is 0 Å². The molecule has 1 nitrogen and oxygen atoms in total. The summed E-state index contributed by atoms with van der Waals surface area (Å²) in [4.78, 5) is 1.35. The van der Waals surface area contributed by atoms with Crippen LogP contribution in [0.4, 0.5) is 0 Å². The number of nitrogens with one attached hydrogen (secondary N) is 1. The lowest BCUT2D eigenvalue weighted by atomic mass is 9.76. The molecule has 1 saturated carbocycles. The van der Waals surface area contributed by atoms with Gasteiger partial charge in [-0.2, -0.15) is 0 Å². The fraction of sp³-hybridized carbons (Fsp3) is 0.750. The Balaban J connectivity index is 1.80. The third-order valence-electron chi connectivity index (χ3n) is 4.39. The van der Waals surface area contributed by atoms with Gasteiger partial charge in [-0.25, -0.2) is 0 Å². The third-order valence-corrected chi connectivity index (χ3v) is 5.62. The van der Waals surface area contributed by atoms with Crippen LogP contribution in [0.25, 0.3) is 0 Å². The lowest BCUT2D eigenvalue weighted by Gasteiger charge is -2.29. The summed E-state index contributed by atoms with van der Waals surface area (Å²) in [5.41, 5.74) is 0.468. The summed E-state index contributed by atoms with van der Waals surface area (Å²) < 4.78 is 0.894. The summed E-state index contributed by atoms with van der Waals surface area (Å²) in [6.45, 7) is 8.14. The molecule has 0 saturated heterocycles. The predicted molar refractivity (Wildman–Crippen MR) is 86.0 cm³/mol. The van der Waals surface area contributed by atoms with Gasteiger partial charge in [0.15, 0.2) is 0 Å². The van der Waals surface area contributed by atoms with Gasteiger partial charge in [0.2, 0.25) is 0 Å². The molecule has 108 valence electrons. The fourth-order valence-corrected chi connectivity index (χ4v) is 4.10. The van der Waals surface area contributed by atoms with Crippen molar-refractivity contribution < 1.29 is 0 Å². The van der Waals surface area contributed by atoms with Crippen molar-refractivity contribution in [1.82, 2.24) is 5.32 Å². The molecular weight excluding hydrogens is 274 g/mol. The van der Waals surface area contributed by atoms with E-state index in [0.29, 0.717) is 11.5 Å². The largest absolute Gasteiger partial charge is 0.309 e. The van der Waals surface area contributed by atoms with E-state index in [9.17, 15) is 0 Å². The van der Waals surface area contributed by atoms with Crippen molar-refractivity contribution in [3.63, 3.8) is 0 Å². The lowest BCUT2D eigenvalue weighted by molar-refractivity contribution is 0.213. The third kappa shape index (κ3) is 4.77. The molecule has 1 aromatic rings. The molecular formula is C16H26ClNS. The van der Waals surface area contributed by atoms with E-state index in [-0.39, 0.29) is 0 Å². The molecule has 0 bridgehead atoms. The summed E-state index contributed by atoms with van der Waals surface area (Å²) in [7, 11) is 0. The molecule has 1 heterocycles. The highest BCUT2D eigenvalue weighted by molar-refractivity contribution is 7.16. The van der Waals surface area contributed by atoms with Crippen LogP contribution in [-0.2, 0) is 6.54 Å². The minimum atomic E-state index is 0.468. The lowest BCUT2D eigenvalue weighted by Crippen LogP contribution is -2.28. The maximum atomic E-state index is 5.97. The average Bonchev–Trinajstić information content (AvgIpc) is 2.61. The van der Waals surface area contributed by atoms with Crippen molar-refractivity contribution in [1.29, 1.82) is 0 Å². The van der Waals surface area contributed by atoms with E-state index >= 15 is 0 Å². The zero-order valence-corrected chi connectivity index (χ0v) is 13.9. The molecule has 0 spiro atoms. The maximum Gasteiger partial charge on any atom is 0.0931 e. The average molecular weight is 300 g/mol. The molecule has 1 aliphatic rings. The Kier molecular flexibility index (Phi) is 5.33. The molecule has 2 atom stereocenters. The fourth-order valence-electron chi connectivity index (χ4n) is 3.06. The Morgan fingerprint density at radius 2 is 2.00 bits per heavy atom. The van der Waals surface area contributed by atoms with Gasteiger partial charge in [-0.1, -0.05) is 38.8 Å². The monoisotopic (exact) mass is 299 g/mol. The Hall–Kier alpha value is -0.0500. The van der Waals surface area contributed by atoms with Crippen LogP contribution < -0.4 is 5.32 Å². The van der Waals surface area contributed by atoms with Gasteiger partial charge in [0.25, 0.3) is 0 Å². The molecule has 1 N–H and O–H groups in total. The van der Waals surface area contributed by atoms with Crippen LogP contribution in [0.3, 0.4) is 0 Å². The van der Waals surface area contributed by atoms with E-state index in [2.05, 4.69) is 32.2 Å². The van der Waals surface area contributed by atoms with Gasteiger partial charge in [0, 0.05) is 17.5 Å². The zero-order chi connectivity index (χ0) is 13.9. The van der Waals surface area contributed by atoms with E-state index in [1.807, 2.05) is 6.07 Å².